The van der Waals surface area contributed by atoms with E-state index in [1.165, 1.54) is 0 Å². The van der Waals surface area contributed by atoms with Gasteiger partial charge in [-0.15, -0.1) is 0 Å². The minimum atomic E-state index is -2.60. The van der Waals surface area contributed by atoms with Gasteiger partial charge >= 0.3 is 0 Å². The Bertz CT molecular complexity index is 181. The summed E-state index contributed by atoms with van der Waals surface area (Å²) in [6.45, 7) is -4.16. The molecule has 2 heteroatoms. The third-order valence-corrected chi connectivity index (χ3v) is 1.07. The van der Waals surface area contributed by atoms with E-state index in [4.69, 9.17) is 13.0 Å². The average Bonchev–Trinajstić information content (AvgIpc) is 1.76. The van der Waals surface area contributed by atoms with Gasteiger partial charge in [-0.25, -0.2) is 0 Å². The fourth-order valence-electron chi connectivity index (χ4n) is 0.551. The summed E-state index contributed by atoms with van der Waals surface area (Å²) >= 11 is 0. The van der Waals surface area contributed by atoms with E-state index in [9.17, 15) is 0 Å². The molecule has 0 aliphatic carbocycles. The van der Waals surface area contributed by atoms with Gasteiger partial charge in [-0.3, -0.25) is 0 Å². The second kappa shape index (κ2) is 2.46. The lowest BCUT2D eigenvalue weighted by atomic mass is 10.2. The van der Waals surface area contributed by atoms with Gasteiger partial charge in [-0.1, -0.05) is 0 Å². The van der Waals surface area contributed by atoms with Crippen molar-refractivity contribution in [3.05, 3.63) is 0 Å². The van der Waals surface area contributed by atoms with Crippen LogP contribution < -0.4 is 5.32 Å². The molecule has 2 nitrogen and oxygen atoms in total. The molecule has 0 aromatic rings. The molecule has 0 amide bonds. The first kappa shape index (κ1) is 1.96. The Labute approximate surface area is 58.7 Å². The molecule has 0 aromatic carbocycles. The fraction of sp³-hybridized carbons (Fsp3) is 1.00. The minimum Gasteiger partial charge on any atom is -0.373 e. The molecule has 0 unspecified atom stereocenters. The molecule has 1 aliphatic heterocycles. The lowest BCUT2D eigenvalue weighted by Crippen LogP contribution is -2.49. The predicted octanol–water partition coefficient (Wildman–Crippen LogP) is 0.383. The second-order valence-electron chi connectivity index (χ2n) is 1.80. The topological polar surface area (TPSA) is 21.3 Å². The van der Waals surface area contributed by atoms with Crippen LogP contribution in [0.5, 0.6) is 0 Å². The lowest BCUT2D eigenvalue weighted by molar-refractivity contribution is -0.0200. The van der Waals surface area contributed by atoms with Crippen molar-refractivity contribution in [2.24, 2.45) is 0 Å². The van der Waals surface area contributed by atoms with Crippen molar-refractivity contribution in [1.29, 1.82) is 0 Å². The molecule has 0 bridgehead atoms. The summed E-state index contributed by atoms with van der Waals surface area (Å²) in [4.78, 5) is 0. The van der Waals surface area contributed by atoms with E-state index in [0.717, 1.165) is 0 Å². The summed E-state index contributed by atoms with van der Waals surface area (Å²) in [7, 11) is 0. The Kier molecular flexibility index (Phi) is 0.603. The number of rotatable bonds is 2. The monoisotopic (exact) mass is 121 g/mol. The Morgan fingerprint density at radius 1 is 1.75 bits per heavy atom. The molecule has 0 aromatic heterocycles. The van der Waals surface area contributed by atoms with Crippen molar-refractivity contribution < 1.29 is 13.0 Å². The lowest BCUT2D eigenvalue weighted by Gasteiger charge is -2.28. The third kappa shape index (κ3) is 1.46. The van der Waals surface area contributed by atoms with Crippen LogP contribution in [0, 0.1) is 0 Å². The molecule has 8 heavy (non-hydrogen) atoms. The van der Waals surface area contributed by atoms with Gasteiger partial charge < -0.3 is 10.1 Å². The first-order chi connectivity index (χ1) is 6.21. The molecule has 48 valence electrons. The number of nitrogens with one attached hydrogen (secondary N) is 1. The van der Waals surface area contributed by atoms with Crippen LogP contribution in [0.2, 0.25) is 0 Å². The zero-order valence-corrected chi connectivity index (χ0v) is 4.48. The van der Waals surface area contributed by atoms with Gasteiger partial charge in [0, 0.05) is 21.3 Å². The van der Waals surface area contributed by atoms with Crippen molar-refractivity contribution in [3.63, 3.8) is 0 Å². The maximum atomic E-state index is 7.07. The molecule has 0 atom stereocenters. The van der Waals surface area contributed by atoms with Crippen LogP contribution >= 0.6 is 0 Å². The van der Waals surface area contributed by atoms with Crippen LogP contribution in [0.25, 0.3) is 0 Å². The standard InChI is InChI=1S/C6H13NO/c1-5(2)8-6-3-7-4-6/h5-7H,3-4H2,1-2H3/i1D3,2D3. The smallest absolute Gasteiger partial charge is 0.0827 e. The zero-order valence-electron chi connectivity index (χ0n) is 10.5. The van der Waals surface area contributed by atoms with E-state index in [-0.39, 0.29) is 6.10 Å². The second-order valence-corrected chi connectivity index (χ2v) is 1.80. The molecular weight excluding hydrogens is 102 g/mol. The van der Waals surface area contributed by atoms with Crippen molar-refractivity contribution in [1.82, 2.24) is 5.32 Å². The number of hydrogen-bond donors (Lipinski definition) is 1. The van der Waals surface area contributed by atoms with Crippen LogP contribution in [0.3, 0.4) is 0 Å². The summed E-state index contributed by atoms with van der Waals surface area (Å²) < 4.78 is 47.4. The van der Waals surface area contributed by atoms with Crippen molar-refractivity contribution in [3.8, 4) is 0 Å². The van der Waals surface area contributed by atoms with Gasteiger partial charge in [0.15, 0.2) is 0 Å². The van der Waals surface area contributed by atoms with Crippen LogP contribution in [-0.2, 0) is 4.74 Å². The van der Waals surface area contributed by atoms with Crippen LogP contribution in [0.1, 0.15) is 21.9 Å². The Hall–Kier alpha value is -0.0800. The predicted molar refractivity (Wildman–Crippen MR) is 32.9 cm³/mol. The van der Waals surface area contributed by atoms with Gasteiger partial charge in [0.25, 0.3) is 0 Å². The van der Waals surface area contributed by atoms with Crippen LogP contribution in [-0.4, -0.2) is 25.3 Å². The van der Waals surface area contributed by atoms with Crippen molar-refractivity contribution >= 4 is 0 Å². The number of ether oxygens (including phenoxy) is 1. The molecule has 1 N–H and O–H groups in total. The third-order valence-electron chi connectivity index (χ3n) is 1.07. The average molecular weight is 121 g/mol. The first-order valence-electron chi connectivity index (χ1n) is 5.57. The highest BCUT2D eigenvalue weighted by molar-refractivity contribution is 4.75. The van der Waals surface area contributed by atoms with Crippen molar-refractivity contribution in [2.45, 2.75) is 25.9 Å². The summed E-state index contributed by atoms with van der Waals surface area (Å²) in [5.41, 5.74) is 0. The number of hydrogen-bond acceptors (Lipinski definition) is 2. The highest BCUT2D eigenvalue weighted by atomic mass is 16.5. The highest BCUT2D eigenvalue weighted by Gasteiger charge is 2.17. The Balaban J connectivity index is 2.61. The van der Waals surface area contributed by atoms with E-state index in [2.05, 4.69) is 5.32 Å². The SMILES string of the molecule is [2H]C([2H])([2H])C(OC1CNC1)C([2H])([2H])[2H]. The summed E-state index contributed by atoms with van der Waals surface area (Å²) in [6, 6.07) is 0. The molecule has 1 rings (SSSR count). The van der Waals surface area contributed by atoms with Gasteiger partial charge in [-0.05, 0) is 13.7 Å². The van der Waals surface area contributed by atoms with Crippen LogP contribution in [0.15, 0.2) is 0 Å². The minimum absolute atomic E-state index is 0.291. The van der Waals surface area contributed by atoms with E-state index < -0.39 is 19.8 Å². The zero-order chi connectivity index (χ0) is 11.0. The van der Waals surface area contributed by atoms with Gasteiger partial charge in [-0.2, -0.15) is 0 Å². The summed E-state index contributed by atoms with van der Waals surface area (Å²) in [5.74, 6) is 0. The normalized spacial score (nSPS) is 35.6. The van der Waals surface area contributed by atoms with E-state index in [1.807, 2.05) is 0 Å². The van der Waals surface area contributed by atoms with Crippen molar-refractivity contribution in [2.75, 3.05) is 13.1 Å². The van der Waals surface area contributed by atoms with E-state index >= 15 is 0 Å². The molecule has 0 spiro atoms. The van der Waals surface area contributed by atoms with Gasteiger partial charge in [0.2, 0.25) is 0 Å². The Morgan fingerprint density at radius 3 is 2.88 bits per heavy atom. The molecule has 1 heterocycles. The highest BCUT2D eigenvalue weighted by Crippen LogP contribution is 2.01. The van der Waals surface area contributed by atoms with Crippen LogP contribution in [0.4, 0.5) is 0 Å². The maximum Gasteiger partial charge on any atom is 0.0827 e. The summed E-state index contributed by atoms with van der Waals surface area (Å²) in [5, 5.41) is 2.88. The largest absolute Gasteiger partial charge is 0.373 e. The molecule has 0 saturated carbocycles. The molecule has 0 radical (unpaired) electrons. The molecule has 1 saturated heterocycles. The first-order valence-corrected chi connectivity index (χ1v) is 2.57. The van der Waals surface area contributed by atoms with Gasteiger partial charge in [0.05, 0.1) is 12.2 Å². The molecule has 1 fully saturated rings. The van der Waals surface area contributed by atoms with E-state index in [0.29, 0.717) is 13.1 Å². The quantitative estimate of drug-likeness (QED) is 0.570. The fourth-order valence-corrected chi connectivity index (χ4v) is 0.551. The molecular formula is C6H13NO. The summed E-state index contributed by atoms with van der Waals surface area (Å²) in [6.07, 6.45) is -1.97. The van der Waals surface area contributed by atoms with E-state index in [1.54, 1.807) is 0 Å². The van der Waals surface area contributed by atoms with Gasteiger partial charge in [0.1, 0.15) is 0 Å². The Morgan fingerprint density at radius 2 is 2.50 bits per heavy atom. The maximum absolute atomic E-state index is 7.07. The molecule has 1 aliphatic rings.